The van der Waals surface area contributed by atoms with Crippen molar-refractivity contribution in [3.63, 3.8) is 0 Å². The Morgan fingerprint density at radius 2 is 1.65 bits per heavy atom. The Labute approximate surface area is 182 Å². The summed E-state index contributed by atoms with van der Waals surface area (Å²) < 4.78 is 15.6. The fraction of sp³-hybridized carbons (Fsp3) is 0.625. The van der Waals surface area contributed by atoms with Crippen LogP contribution >= 0.6 is 0 Å². The average Bonchev–Trinajstić information content (AvgIpc) is 2.75. The summed E-state index contributed by atoms with van der Waals surface area (Å²) in [6.07, 6.45) is 6.54. The monoisotopic (exact) mass is 429 g/mol. The first-order chi connectivity index (χ1) is 14.8. The maximum absolute atomic E-state index is 13.1. The lowest BCUT2D eigenvalue weighted by Gasteiger charge is -2.55. The van der Waals surface area contributed by atoms with Gasteiger partial charge in [-0.3, -0.25) is 9.59 Å². The largest absolute Gasteiger partial charge is 0.497 e. The van der Waals surface area contributed by atoms with Crippen LogP contribution in [-0.2, 0) is 14.3 Å². The van der Waals surface area contributed by atoms with Gasteiger partial charge in [0.25, 0.3) is 0 Å². The molecule has 4 aliphatic rings. The number of benzene rings is 1. The van der Waals surface area contributed by atoms with Gasteiger partial charge in [0.15, 0.2) is 6.61 Å². The van der Waals surface area contributed by atoms with Crippen molar-refractivity contribution in [1.29, 1.82) is 0 Å². The number of ketones is 1. The summed E-state index contributed by atoms with van der Waals surface area (Å²) in [5.74, 6) is 1.78. The first-order valence-corrected chi connectivity index (χ1v) is 11.1. The molecule has 7 heteroatoms. The number of esters is 1. The number of rotatable bonds is 8. The van der Waals surface area contributed by atoms with Gasteiger partial charge in [-0.1, -0.05) is 0 Å². The summed E-state index contributed by atoms with van der Waals surface area (Å²) in [4.78, 5) is 38.2. The fourth-order valence-electron chi connectivity index (χ4n) is 6.17. The van der Waals surface area contributed by atoms with Crippen LogP contribution in [0.3, 0.4) is 0 Å². The van der Waals surface area contributed by atoms with Crippen molar-refractivity contribution < 1.29 is 28.6 Å². The van der Waals surface area contributed by atoms with Gasteiger partial charge in [0.1, 0.15) is 17.5 Å². The highest BCUT2D eigenvalue weighted by molar-refractivity contribution is 6.01. The van der Waals surface area contributed by atoms with Gasteiger partial charge in [0, 0.05) is 5.41 Å². The predicted octanol–water partition coefficient (Wildman–Crippen LogP) is 3.15. The van der Waals surface area contributed by atoms with Crippen molar-refractivity contribution in [2.75, 3.05) is 20.8 Å². The third kappa shape index (κ3) is 4.27. The van der Waals surface area contributed by atoms with Crippen LogP contribution in [0.2, 0.25) is 0 Å². The van der Waals surface area contributed by atoms with E-state index in [1.54, 1.807) is 25.1 Å². The van der Waals surface area contributed by atoms with Crippen LogP contribution < -0.4 is 14.8 Å². The number of Topliss-reactive ketones (excluding diaryl/α,β-unsaturated/α-hetero) is 1. The fourth-order valence-corrected chi connectivity index (χ4v) is 6.17. The minimum Gasteiger partial charge on any atom is -0.497 e. The third-order valence-corrected chi connectivity index (χ3v) is 7.27. The van der Waals surface area contributed by atoms with E-state index in [-0.39, 0.29) is 16.9 Å². The summed E-state index contributed by atoms with van der Waals surface area (Å²) in [5, 5.41) is 2.87. The molecule has 0 saturated heterocycles. The molecule has 1 N–H and O–H groups in total. The Bertz CT molecular complexity index is 844. The molecular formula is C24H31NO6. The lowest BCUT2D eigenvalue weighted by Crippen LogP contribution is -2.56. The second-order valence-electron chi connectivity index (χ2n) is 9.49. The molecule has 0 aliphatic heterocycles. The number of carbonyl (C=O) groups excluding carboxylic acids is 3. The van der Waals surface area contributed by atoms with Crippen LogP contribution in [0, 0.1) is 23.2 Å². The number of ether oxygens (including phenoxy) is 3. The van der Waals surface area contributed by atoms with Gasteiger partial charge in [-0.2, -0.15) is 0 Å². The molecule has 5 rings (SSSR count). The minimum atomic E-state index is -0.805. The molecule has 1 aromatic rings. The summed E-state index contributed by atoms with van der Waals surface area (Å²) in [7, 11) is 2.97. The van der Waals surface area contributed by atoms with Crippen molar-refractivity contribution in [2.24, 2.45) is 23.2 Å². The van der Waals surface area contributed by atoms with E-state index < -0.39 is 24.4 Å². The Morgan fingerprint density at radius 3 is 2.19 bits per heavy atom. The number of hydrogen-bond donors (Lipinski definition) is 1. The first-order valence-electron chi connectivity index (χ1n) is 11.1. The number of methoxy groups -OCH3 is 2. The standard InChI is InChI=1S/C24H31NO6/c1-14(25-23(28)24-10-15-6-16(11-24)8-17(7-15)12-24)22(27)31-13-20(26)19-9-18(29-2)4-5-21(19)30-3/h4-5,9,14-17H,6-8,10-13H2,1-3H3,(H,25,28)/t14-,15?,16?,17?,24?/m0/s1. The molecule has 1 atom stereocenters. The zero-order chi connectivity index (χ0) is 22.2. The molecule has 4 saturated carbocycles. The van der Waals surface area contributed by atoms with Crippen LogP contribution in [0.25, 0.3) is 0 Å². The number of carbonyl (C=O) groups is 3. The van der Waals surface area contributed by atoms with Crippen molar-refractivity contribution in [2.45, 2.75) is 51.5 Å². The second kappa shape index (κ2) is 8.52. The van der Waals surface area contributed by atoms with Crippen molar-refractivity contribution >= 4 is 17.7 Å². The molecule has 0 radical (unpaired) electrons. The molecular weight excluding hydrogens is 398 g/mol. The normalized spacial score (nSPS) is 29.2. The van der Waals surface area contributed by atoms with E-state index in [9.17, 15) is 14.4 Å². The van der Waals surface area contributed by atoms with Gasteiger partial charge in [0.05, 0.1) is 19.8 Å². The minimum absolute atomic E-state index is 0.0307. The van der Waals surface area contributed by atoms with E-state index in [0.29, 0.717) is 29.3 Å². The highest BCUT2D eigenvalue weighted by Crippen LogP contribution is 2.60. The summed E-state index contributed by atoms with van der Waals surface area (Å²) >= 11 is 0. The van der Waals surface area contributed by atoms with Gasteiger partial charge in [-0.25, -0.2) is 4.79 Å². The lowest BCUT2D eigenvalue weighted by atomic mass is 9.49. The van der Waals surface area contributed by atoms with E-state index in [2.05, 4.69) is 5.32 Å². The highest BCUT2D eigenvalue weighted by atomic mass is 16.5. The van der Waals surface area contributed by atoms with Gasteiger partial charge >= 0.3 is 5.97 Å². The molecule has 0 spiro atoms. The number of hydrogen-bond acceptors (Lipinski definition) is 6. The molecule has 0 heterocycles. The first kappa shape index (κ1) is 21.7. The zero-order valence-corrected chi connectivity index (χ0v) is 18.4. The summed E-state index contributed by atoms with van der Waals surface area (Å²) in [5.41, 5.74) is -0.0486. The lowest BCUT2D eigenvalue weighted by molar-refractivity contribution is -0.153. The van der Waals surface area contributed by atoms with Crippen molar-refractivity contribution in [3.8, 4) is 11.5 Å². The maximum atomic E-state index is 13.1. The topological polar surface area (TPSA) is 90.9 Å². The number of amides is 1. The van der Waals surface area contributed by atoms with Crippen LogP contribution in [0.5, 0.6) is 11.5 Å². The average molecular weight is 430 g/mol. The van der Waals surface area contributed by atoms with E-state index in [0.717, 1.165) is 19.3 Å². The van der Waals surface area contributed by atoms with Gasteiger partial charge in [-0.15, -0.1) is 0 Å². The van der Waals surface area contributed by atoms with Crippen LogP contribution in [0.1, 0.15) is 55.8 Å². The second-order valence-corrected chi connectivity index (χ2v) is 9.49. The van der Waals surface area contributed by atoms with Crippen LogP contribution in [-0.4, -0.2) is 44.5 Å². The molecule has 1 amide bonds. The van der Waals surface area contributed by atoms with E-state index in [4.69, 9.17) is 14.2 Å². The third-order valence-electron chi connectivity index (χ3n) is 7.27. The molecule has 4 fully saturated rings. The molecule has 31 heavy (non-hydrogen) atoms. The van der Waals surface area contributed by atoms with E-state index >= 15 is 0 Å². The smallest absolute Gasteiger partial charge is 0.328 e. The van der Waals surface area contributed by atoms with Gasteiger partial charge in [0.2, 0.25) is 11.7 Å². The van der Waals surface area contributed by atoms with Gasteiger partial charge < -0.3 is 19.5 Å². The molecule has 168 valence electrons. The molecule has 4 aliphatic carbocycles. The van der Waals surface area contributed by atoms with E-state index in [1.807, 2.05) is 0 Å². The Hall–Kier alpha value is -2.57. The van der Waals surface area contributed by atoms with Crippen LogP contribution in [0.15, 0.2) is 18.2 Å². The Balaban J connectivity index is 1.33. The summed E-state index contributed by atoms with van der Waals surface area (Å²) in [6.45, 7) is 1.18. The number of nitrogens with one attached hydrogen (secondary N) is 1. The molecule has 7 nitrogen and oxygen atoms in total. The van der Waals surface area contributed by atoms with Crippen molar-refractivity contribution in [1.82, 2.24) is 5.32 Å². The molecule has 1 aromatic carbocycles. The molecule has 0 unspecified atom stereocenters. The SMILES string of the molecule is COc1ccc(OC)c(C(=O)COC(=O)[C@H](C)NC(=O)C23CC4CC(CC(C4)C2)C3)c1. The Morgan fingerprint density at radius 1 is 1.03 bits per heavy atom. The molecule has 4 bridgehead atoms. The predicted molar refractivity (Wildman–Crippen MR) is 113 cm³/mol. The van der Waals surface area contributed by atoms with Gasteiger partial charge in [-0.05, 0) is 81.4 Å². The Kier molecular flexibility index (Phi) is 5.95. The maximum Gasteiger partial charge on any atom is 0.328 e. The van der Waals surface area contributed by atoms with Crippen molar-refractivity contribution in [3.05, 3.63) is 23.8 Å². The van der Waals surface area contributed by atoms with E-state index in [1.165, 1.54) is 33.5 Å². The highest BCUT2D eigenvalue weighted by Gasteiger charge is 2.54. The summed E-state index contributed by atoms with van der Waals surface area (Å²) in [6, 6.07) is 4.06. The quantitative estimate of drug-likeness (QED) is 0.504. The van der Waals surface area contributed by atoms with Crippen LogP contribution in [0.4, 0.5) is 0 Å². The molecule has 0 aromatic heterocycles. The zero-order valence-electron chi connectivity index (χ0n) is 18.4.